The van der Waals surface area contributed by atoms with E-state index in [0.29, 0.717) is 18.2 Å². The van der Waals surface area contributed by atoms with Gasteiger partial charge in [0.2, 0.25) is 0 Å². The third-order valence-electron chi connectivity index (χ3n) is 5.21. The Morgan fingerprint density at radius 1 is 1.16 bits per heavy atom. The monoisotopic (exact) mass is 355 g/mol. The van der Waals surface area contributed by atoms with Gasteiger partial charge in [0, 0.05) is 22.9 Å². The molecular weight excluding hydrogens is 334 g/mol. The zero-order chi connectivity index (χ0) is 17.0. The van der Waals surface area contributed by atoms with Gasteiger partial charge < -0.3 is 10.6 Å². The number of hydrogen-bond acceptors (Lipinski definition) is 6. The lowest BCUT2D eigenvalue weighted by molar-refractivity contribution is 0.0940. The lowest BCUT2D eigenvalue weighted by Gasteiger charge is -2.26. The summed E-state index contributed by atoms with van der Waals surface area (Å²) in [5.74, 6) is 2.03. The van der Waals surface area contributed by atoms with Crippen molar-refractivity contribution < 1.29 is 4.79 Å². The molecule has 1 unspecified atom stereocenters. The van der Waals surface area contributed by atoms with Gasteiger partial charge in [-0.3, -0.25) is 4.79 Å². The van der Waals surface area contributed by atoms with Crippen LogP contribution in [0.2, 0.25) is 0 Å². The van der Waals surface area contributed by atoms with Crippen molar-refractivity contribution in [2.24, 2.45) is 0 Å². The highest BCUT2D eigenvalue weighted by molar-refractivity contribution is 7.11. The molecule has 0 saturated heterocycles. The van der Waals surface area contributed by atoms with Crippen molar-refractivity contribution in [3.63, 3.8) is 0 Å². The molecule has 6 nitrogen and oxygen atoms in total. The smallest absolute Gasteiger partial charge is 0.270 e. The molecule has 130 valence electrons. The number of anilines is 1. The van der Waals surface area contributed by atoms with Gasteiger partial charge in [0.05, 0.1) is 16.7 Å². The Bertz CT molecular complexity index is 857. The summed E-state index contributed by atoms with van der Waals surface area (Å²) in [7, 11) is 0. The number of aryl methyl sites for hydroxylation is 2. The lowest BCUT2D eigenvalue weighted by atomic mass is 9.97. The third-order valence-corrected chi connectivity index (χ3v) is 6.26. The van der Waals surface area contributed by atoms with Gasteiger partial charge in [0.15, 0.2) is 0 Å². The normalized spacial score (nSPS) is 22.1. The van der Waals surface area contributed by atoms with Crippen molar-refractivity contribution in [2.75, 3.05) is 11.9 Å². The highest BCUT2D eigenvalue weighted by Crippen LogP contribution is 2.40. The van der Waals surface area contributed by atoms with Crippen molar-refractivity contribution in [2.45, 2.75) is 57.4 Å². The Labute approximate surface area is 150 Å². The van der Waals surface area contributed by atoms with Crippen molar-refractivity contribution in [3.8, 4) is 0 Å². The first-order valence-corrected chi connectivity index (χ1v) is 9.92. The topological polar surface area (TPSA) is 79.8 Å². The number of carbonyl (C=O) groups is 1. The summed E-state index contributed by atoms with van der Waals surface area (Å²) in [6, 6.07) is 0.185. The van der Waals surface area contributed by atoms with Gasteiger partial charge in [0.1, 0.15) is 17.3 Å². The highest BCUT2D eigenvalue weighted by atomic mass is 32.1. The third kappa shape index (κ3) is 2.70. The minimum atomic E-state index is -0.0672. The maximum Gasteiger partial charge on any atom is 0.270 e. The molecule has 0 spiro atoms. The van der Waals surface area contributed by atoms with E-state index in [9.17, 15) is 4.79 Å². The molecule has 25 heavy (non-hydrogen) atoms. The number of amides is 1. The molecule has 2 aromatic heterocycles. The summed E-state index contributed by atoms with van der Waals surface area (Å²) in [5.41, 5.74) is 2.71. The van der Waals surface area contributed by atoms with Crippen LogP contribution >= 0.6 is 11.3 Å². The Balaban J connectivity index is 1.54. The maximum atomic E-state index is 12.3. The quantitative estimate of drug-likeness (QED) is 0.885. The molecule has 3 aliphatic rings. The summed E-state index contributed by atoms with van der Waals surface area (Å²) < 4.78 is 0. The average molecular weight is 355 g/mol. The fraction of sp³-hybridized carbons (Fsp3) is 0.556. The number of carbonyl (C=O) groups excluding carboxylic acids is 1. The van der Waals surface area contributed by atoms with E-state index in [1.54, 1.807) is 11.3 Å². The zero-order valence-electron chi connectivity index (χ0n) is 14.3. The Morgan fingerprint density at radius 3 is 2.88 bits per heavy atom. The molecule has 3 heterocycles. The summed E-state index contributed by atoms with van der Waals surface area (Å²) in [5, 5.41) is 7.67. The molecule has 1 saturated carbocycles. The molecule has 7 heteroatoms. The van der Waals surface area contributed by atoms with Gasteiger partial charge in [-0.25, -0.2) is 15.0 Å². The van der Waals surface area contributed by atoms with E-state index in [1.165, 1.54) is 10.6 Å². The lowest BCUT2D eigenvalue weighted by Crippen LogP contribution is -2.34. The molecule has 2 aliphatic carbocycles. The van der Waals surface area contributed by atoms with Crippen LogP contribution in [0, 0.1) is 6.92 Å². The molecule has 0 aromatic carbocycles. The number of hydrogen-bond donors (Lipinski definition) is 2. The minimum absolute atomic E-state index is 0.0672. The minimum Gasteiger partial charge on any atom is -0.361 e. The van der Waals surface area contributed by atoms with Gasteiger partial charge in [-0.2, -0.15) is 0 Å². The molecule has 0 bridgehead atoms. The number of fused-ring (bicyclic) bond motifs is 2. The van der Waals surface area contributed by atoms with E-state index in [1.807, 2.05) is 0 Å². The van der Waals surface area contributed by atoms with E-state index < -0.39 is 0 Å². The molecule has 1 fully saturated rings. The molecule has 5 rings (SSSR count). The second-order valence-electron chi connectivity index (χ2n) is 7.17. The number of aromatic nitrogens is 3. The first kappa shape index (κ1) is 15.3. The number of thiazole rings is 1. The van der Waals surface area contributed by atoms with Gasteiger partial charge >= 0.3 is 0 Å². The SMILES string of the molecule is Cc1nc2c(s1)CCCC2Nc1nc(C2CC2)nc2c1CCNC2=O. The van der Waals surface area contributed by atoms with E-state index in [4.69, 9.17) is 9.97 Å². The molecular formula is C18H21N5OS. The first-order valence-electron chi connectivity index (χ1n) is 9.11. The fourth-order valence-corrected chi connectivity index (χ4v) is 4.84. The summed E-state index contributed by atoms with van der Waals surface area (Å²) in [6.07, 6.45) is 6.37. The van der Waals surface area contributed by atoms with Gasteiger partial charge in [-0.05, 0) is 45.4 Å². The Kier molecular flexibility index (Phi) is 3.51. The Morgan fingerprint density at radius 2 is 2.04 bits per heavy atom. The van der Waals surface area contributed by atoms with Crippen LogP contribution in [-0.4, -0.2) is 27.4 Å². The van der Waals surface area contributed by atoms with Crippen molar-refractivity contribution in [1.29, 1.82) is 0 Å². The number of nitrogens with one attached hydrogen (secondary N) is 2. The number of rotatable bonds is 3. The van der Waals surface area contributed by atoms with Crippen LogP contribution in [0.5, 0.6) is 0 Å². The van der Waals surface area contributed by atoms with Crippen LogP contribution in [0.25, 0.3) is 0 Å². The van der Waals surface area contributed by atoms with Crippen molar-refractivity contribution in [3.05, 3.63) is 32.7 Å². The molecule has 0 radical (unpaired) electrons. The van der Waals surface area contributed by atoms with Crippen LogP contribution in [0.4, 0.5) is 5.82 Å². The van der Waals surface area contributed by atoms with Crippen LogP contribution in [-0.2, 0) is 12.8 Å². The first-order chi connectivity index (χ1) is 12.2. The van der Waals surface area contributed by atoms with E-state index >= 15 is 0 Å². The van der Waals surface area contributed by atoms with E-state index in [0.717, 1.165) is 60.7 Å². The fourth-order valence-electron chi connectivity index (χ4n) is 3.80. The highest BCUT2D eigenvalue weighted by Gasteiger charge is 2.32. The van der Waals surface area contributed by atoms with Crippen LogP contribution in [0.3, 0.4) is 0 Å². The summed E-state index contributed by atoms with van der Waals surface area (Å²) >= 11 is 1.80. The second-order valence-corrected chi connectivity index (χ2v) is 8.46. The molecule has 2 aromatic rings. The molecule has 2 N–H and O–H groups in total. The van der Waals surface area contributed by atoms with Crippen molar-refractivity contribution >= 4 is 23.1 Å². The van der Waals surface area contributed by atoms with Gasteiger partial charge in [-0.15, -0.1) is 11.3 Å². The van der Waals surface area contributed by atoms with E-state index in [-0.39, 0.29) is 11.9 Å². The number of nitrogens with zero attached hydrogens (tertiary/aromatic N) is 3. The maximum absolute atomic E-state index is 12.3. The summed E-state index contributed by atoms with van der Waals surface area (Å²) in [6.45, 7) is 2.72. The standard InChI is InChI=1S/C18H21N5OS/c1-9-20-15-12(3-2-4-13(15)25-9)21-17-11-7-8-19-18(24)14(11)22-16(23-17)10-5-6-10/h10,12H,2-8H2,1H3,(H,19,24)(H,21,22,23). The van der Waals surface area contributed by atoms with Crippen molar-refractivity contribution in [1.82, 2.24) is 20.3 Å². The zero-order valence-corrected chi connectivity index (χ0v) is 15.1. The van der Waals surface area contributed by atoms with Gasteiger partial charge in [0.25, 0.3) is 5.91 Å². The molecule has 1 amide bonds. The Hall–Kier alpha value is -2.02. The van der Waals surface area contributed by atoms with Crippen LogP contribution in [0.15, 0.2) is 0 Å². The molecule has 1 atom stereocenters. The predicted molar refractivity (Wildman–Crippen MR) is 96.2 cm³/mol. The second kappa shape index (κ2) is 5.76. The van der Waals surface area contributed by atoms with Crippen LogP contribution < -0.4 is 10.6 Å². The predicted octanol–water partition coefficient (Wildman–Crippen LogP) is 2.89. The van der Waals surface area contributed by atoms with E-state index in [2.05, 4.69) is 22.5 Å². The summed E-state index contributed by atoms with van der Waals surface area (Å²) in [4.78, 5) is 27.9. The average Bonchev–Trinajstić information content (AvgIpc) is 3.37. The van der Waals surface area contributed by atoms with Crippen LogP contribution in [0.1, 0.15) is 75.1 Å². The molecule has 1 aliphatic heterocycles. The largest absolute Gasteiger partial charge is 0.361 e. The van der Waals surface area contributed by atoms with Gasteiger partial charge in [-0.1, -0.05) is 0 Å².